The molecule has 0 N–H and O–H groups in total. The predicted molar refractivity (Wildman–Crippen MR) is 109 cm³/mol. The summed E-state index contributed by atoms with van der Waals surface area (Å²) in [7, 11) is 0. The van der Waals surface area contributed by atoms with E-state index in [4.69, 9.17) is 16.6 Å². The highest BCUT2D eigenvalue weighted by molar-refractivity contribution is 6.31. The first-order valence-electron chi connectivity index (χ1n) is 9.31. The largest absolute Gasteiger partial charge is 0.338 e. The SMILES string of the molecule is C[C@H]1C[C@H](C)CN(C(=O)c2cc(-c3cccnc3)nc3ccc(Cl)cc23)C1. The Kier molecular flexibility index (Phi) is 4.83. The van der Waals surface area contributed by atoms with Gasteiger partial charge in [-0.15, -0.1) is 0 Å². The second-order valence-corrected chi connectivity index (χ2v) is 8.05. The molecule has 3 heterocycles. The number of hydrogen-bond acceptors (Lipinski definition) is 3. The molecule has 27 heavy (non-hydrogen) atoms. The summed E-state index contributed by atoms with van der Waals surface area (Å²) in [6.07, 6.45) is 4.66. The molecule has 0 saturated carbocycles. The maximum Gasteiger partial charge on any atom is 0.254 e. The van der Waals surface area contributed by atoms with Crippen LogP contribution in [0.15, 0.2) is 48.8 Å². The summed E-state index contributed by atoms with van der Waals surface area (Å²) in [5.74, 6) is 1.06. The molecule has 2 aromatic heterocycles. The molecule has 1 saturated heterocycles. The summed E-state index contributed by atoms with van der Waals surface area (Å²) in [5.41, 5.74) is 3.06. The zero-order valence-corrected chi connectivity index (χ0v) is 16.3. The van der Waals surface area contributed by atoms with Crippen molar-refractivity contribution in [2.75, 3.05) is 13.1 Å². The highest BCUT2D eigenvalue weighted by Crippen LogP contribution is 2.29. The fraction of sp³-hybridized carbons (Fsp3) is 0.318. The third-order valence-corrected chi connectivity index (χ3v) is 5.35. The molecule has 5 heteroatoms. The minimum atomic E-state index is 0.0493. The second-order valence-electron chi connectivity index (χ2n) is 7.61. The number of likely N-dealkylation sites (tertiary alicyclic amines) is 1. The standard InChI is InChI=1S/C22H22ClN3O/c1-14-8-15(2)13-26(12-14)22(27)19-10-21(16-4-3-7-24-11-16)25-20-6-5-17(23)9-18(19)20/h3-7,9-11,14-15H,8,12-13H2,1-2H3/t14-,15-/m0/s1. The normalized spacial score (nSPS) is 20.0. The summed E-state index contributed by atoms with van der Waals surface area (Å²) in [6, 6.07) is 11.2. The van der Waals surface area contributed by atoms with E-state index < -0.39 is 0 Å². The van der Waals surface area contributed by atoms with Crippen LogP contribution in [0.25, 0.3) is 22.2 Å². The van der Waals surface area contributed by atoms with E-state index >= 15 is 0 Å². The smallest absolute Gasteiger partial charge is 0.254 e. The number of fused-ring (bicyclic) bond motifs is 1. The van der Waals surface area contributed by atoms with Gasteiger partial charge in [0.05, 0.1) is 16.8 Å². The fourth-order valence-corrected chi connectivity index (χ4v) is 4.21. The van der Waals surface area contributed by atoms with Crippen molar-refractivity contribution in [3.63, 3.8) is 0 Å². The molecule has 1 fully saturated rings. The molecule has 4 nitrogen and oxygen atoms in total. The van der Waals surface area contributed by atoms with Crippen molar-refractivity contribution in [2.24, 2.45) is 11.8 Å². The van der Waals surface area contributed by atoms with Gasteiger partial charge < -0.3 is 4.90 Å². The van der Waals surface area contributed by atoms with Crippen molar-refractivity contribution in [3.05, 3.63) is 59.4 Å². The average Bonchev–Trinajstić information content (AvgIpc) is 2.66. The molecule has 0 radical (unpaired) electrons. The fourth-order valence-electron chi connectivity index (χ4n) is 4.04. The number of pyridine rings is 2. The zero-order valence-electron chi connectivity index (χ0n) is 15.5. The highest BCUT2D eigenvalue weighted by atomic mass is 35.5. The molecule has 0 unspecified atom stereocenters. The number of benzene rings is 1. The van der Waals surface area contributed by atoms with E-state index in [0.717, 1.165) is 41.7 Å². The van der Waals surface area contributed by atoms with Crippen molar-refractivity contribution >= 4 is 28.4 Å². The number of amides is 1. The molecular weight excluding hydrogens is 358 g/mol. The topological polar surface area (TPSA) is 46.1 Å². The Morgan fingerprint density at radius 1 is 1.15 bits per heavy atom. The maximum absolute atomic E-state index is 13.4. The first-order chi connectivity index (χ1) is 13.0. The van der Waals surface area contributed by atoms with E-state index in [1.807, 2.05) is 41.3 Å². The van der Waals surface area contributed by atoms with Gasteiger partial charge in [-0.25, -0.2) is 4.98 Å². The summed E-state index contributed by atoms with van der Waals surface area (Å²) < 4.78 is 0. The zero-order chi connectivity index (χ0) is 19.0. The van der Waals surface area contributed by atoms with Gasteiger partial charge in [0, 0.05) is 41.5 Å². The summed E-state index contributed by atoms with van der Waals surface area (Å²) >= 11 is 6.22. The third-order valence-electron chi connectivity index (χ3n) is 5.11. The Hall–Kier alpha value is -2.46. The Balaban J connectivity index is 1.84. The van der Waals surface area contributed by atoms with Crippen LogP contribution >= 0.6 is 11.6 Å². The third kappa shape index (κ3) is 3.67. The van der Waals surface area contributed by atoms with Crippen LogP contribution in [0.4, 0.5) is 0 Å². The lowest BCUT2D eigenvalue weighted by Gasteiger charge is -2.35. The predicted octanol–water partition coefficient (Wildman–Crippen LogP) is 5.07. The van der Waals surface area contributed by atoms with Gasteiger partial charge in [0.25, 0.3) is 5.91 Å². The van der Waals surface area contributed by atoms with E-state index in [2.05, 4.69) is 18.8 Å². The van der Waals surface area contributed by atoms with Crippen LogP contribution < -0.4 is 0 Å². The Labute approximate surface area is 164 Å². The van der Waals surface area contributed by atoms with Crippen LogP contribution in [0.2, 0.25) is 5.02 Å². The highest BCUT2D eigenvalue weighted by Gasteiger charge is 2.27. The van der Waals surface area contributed by atoms with Gasteiger partial charge in [0.2, 0.25) is 0 Å². The summed E-state index contributed by atoms with van der Waals surface area (Å²) in [4.78, 5) is 24.3. The van der Waals surface area contributed by atoms with Gasteiger partial charge >= 0.3 is 0 Å². The van der Waals surface area contributed by atoms with Crippen LogP contribution in [0.3, 0.4) is 0 Å². The number of piperidine rings is 1. The number of aromatic nitrogens is 2. The molecule has 3 aromatic rings. The number of carbonyl (C=O) groups is 1. The van der Waals surface area contributed by atoms with Crippen LogP contribution in [-0.2, 0) is 0 Å². The van der Waals surface area contributed by atoms with Gasteiger partial charge in [-0.3, -0.25) is 9.78 Å². The van der Waals surface area contributed by atoms with Crippen LogP contribution in [0.1, 0.15) is 30.6 Å². The summed E-state index contributed by atoms with van der Waals surface area (Å²) in [6.45, 7) is 5.99. The monoisotopic (exact) mass is 379 g/mol. The van der Waals surface area contributed by atoms with Crippen LogP contribution in [0, 0.1) is 11.8 Å². The number of halogens is 1. The number of carbonyl (C=O) groups excluding carboxylic acids is 1. The number of rotatable bonds is 2. The van der Waals surface area contributed by atoms with E-state index in [1.54, 1.807) is 12.4 Å². The van der Waals surface area contributed by atoms with E-state index in [0.29, 0.717) is 22.4 Å². The lowest BCUT2D eigenvalue weighted by atomic mass is 9.91. The quantitative estimate of drug-likeness (QED) is 0.624. The molecule has 0 spiro atoms. The molecule has 0 aliphatic carbocycles. The lowest BCUT2D eigenvalue weighted by molar-refractivity contribution is 0.0625. The first kappa shape index (κ1) is 17.9. The van der Waals surface area contributed by atoms with Crippen molar-refractivity contribution in [3.8, 4) is 11.3 Å². The van der Waals surface area contributed by atoms with Gasteiger partial charge in [-0.2, -0.15) is 0 Å². The van der Waals surface area contributed by atoms with Gasteiger partial charge in [-0.05, 0) is 54.7 Å². The molecular formula is C22H22ClN3O. The van der Waals surface area contributed by atoms with Crippen molar-refractivity contribution in [2.45, 2.75) is 20.3 Å². The van der Waals surface area contributed by atoms with E-state index in [-0.39, 0.29) is 5.91 Å². The van der Waals surface area contributed by atoms with Gasteiger partial charge in [0.1, 0.15) is 0 Å². The lowest BCUT2D eigenvalue weighted by Crippen LogP contribution is -2.42. The van der Waals surface area contributed by atoms with Crippen molar-refractivity contribution in [1.29, 1.82) is 0 Å². The van der Waals surface area contributed by atoms with Crippen LogP contribution in [0.5, 0.6) is 0 Å². The number of nitrogens with zero attached hydrogens (tertiary/aromatic N) is 3. The molecule has 1 aromatic carbocycles. The van der Waals surface area contributed by atoms with Crippen molar-refractivity contribution in [1.82, 2.24) is 14.9 Å². The maximum atomic E-state index is 13.4. The summed E-state index contributed by atoms with van der Waals surface area (Å²) in [5, 5.41) is 1.40. The van der Waals surface area contributed by atoms with Gasteiger partial charge in [0.15, 0.2) is 0 Å². The molecule has 138 valence electrons. The van der Waals surface area contributed by atoms with Gasteiger partial charge in [-0.1, -0.05) is 25.4 Å². The molecule has 1 aliphatic rings. The van der Waals surface area contributed by atoms with Crippen molar-refractivity contribution < 1.29 is 4.79 Å². The Morgan fingerprint density at radius 3 is 2.63 bits per heavy atom. The minimum absolute atomic E-state index is 0.0493. The van der Waals surface area contributed by atoms with E-state index in [9.17, 15) is 4.79 Å². The average molecular weight is 380 g/mol. The Morgan fingerprint density at radius 2 is 1.93 bits per heavy atom. The molecule has 1 amide bonds. The molecule has 4 rings (SSSR count). The molecule has 2 atom stereocenters. The minimum Gasteiger partial charge on any atom is -0.338 e. The molecule has 1 aliphatic heterocycles. The van der Waals surface area contributed by atoms with Crippen LogP contribution in [-0.4, -0.2) is 33.9 Å². The Bertz CT molecular complexity index is 980. The first-order valence-corrected chi connectivity index (χ1v) is 9.69. The second kappa shape index (κ2) is 7.28. The van der Waals surface area contributed by atoms with E-state index in [1.165, 1.54) is 0 Å². The number of hydrogen-bond donors (Lipinski definition) is 0. The molecule has 0 bridgehead atoms.